The Morgan fingerprint density at radius 1 is 1.31 bits per heavy atom. The standard InChI is InChI=1S/C16H15F3N4O2S/c1-6-5-9(13(20)26)12-10(7(2)8(3)25-12)11(6)23-15(24)22(4)14(21-23)16(17,18)19/h5H,1-4H3,(H2,20,26). The van der Waals surface area contributed by atoms with Crippen molar-refractivity contribution in [3.05, 3.63) is 44.8 Å². The van der Waals surface area contributed by atoms with E-state index in [0.717, 1.165) is 11.7 Å². The number of furan rings is 1. The lowest BCUT2D eigenvalue weighted by molar-refractivity contribution is -0.147. The second kappa shape index (κ2) is 5.70. The third-order valence-electron chi connectivity index (χ3n) is 4.31. The zero-order valence-electron chi connectivity index (χ0n) is 14.4. The first kappa shape index (κ1) is 18.2. The molecule has 138 valence electrons. The van der Waals surface area contributed by atoms with Gasteiger partial charge in [0.2, 0.25) is 5.82 Å². The molecule has 2 aromatic heterocycles. The first-order valence-corrected chi connectivity index (χ1v) is 7.92. The number of aryl methyl sites for hydroxylation is 3. The van der Waals surface area contributed by atoms with Gasteiger partial charge in [0, 0.05) is 12.6 Å². The van der Waals surface area contributed by atoms with Crippen LogP contribution < -0.4 is 11.4 Å². The van der Waals surface area contributed by atoms with E-state index in [4.69, 9.17) is 22.4 Å². The lowest BCUT2D eigenvalue weighted by Crippen LogP contribution is -2.24. The summed E-state index contributed by atoms with van der Waals surface area (Å²) in [4.78, 5) is 12.5. The molecule has 3 aromatic rings. The van der Waals surface area contributed by atoms with Crippen molar-refractivity contribution in [3.8, 4) is 5.69 Å². The fourth-order valence-electron chi connectivity index (χ4n) is 2.94. The normalized spacial score (nSPS) is 12.1. The van der Waals surface area contributed by atoms with Crippen LogP contribution in [0, 0.1) is 20.8 Å². The molecule has 10 heteroatoms. The number of alkyl halides is 3. The maximum Gasteiger partial charge on any atom is 0.451 e. The Balaban J connectivity index is 2.49. The number of halogens is 3. The van der Waals surface area contributed by atoms with Crippen LogP contribution in [-0.2, 0) is 13.2 Å². The summed E-state index contributed by atoms with van der Waals surface area (Å²) in [5.74, 6) is -0.740. The molecule has 6 nitrogen and oxygen atoms in total. The number of fused-ring (bicyclic) bond motifs is 1. The number of nitrogens with zero attached hydrogens (tertiary/aromatic N) is 3. The van der Waals surface area contributed by atoms with Crippen molar-refractivity contribution < 1.29 is 17.6 Å². The predicted molar refractivity (Wildman–Crippen MR) is 93.7 cm³/mol. The third-order valence-corrected chi connectivity index (χ3v) is 4.53. The zero-order chi connectivity index (χ0) is 19.5. The summed E-state index contributed by atoms with van der Waals surface area (Å²) in [6.07, 6.45) is -4.76. The number of nitrogens with two attached hydrogens (primary N) is 1. The van der Waals surface area contributed by atoms with Gasteiger partial charge in [0.05, 0.1) is 16.6 Å². The molecule has 0 aliphatic carbocycles. The van der Waals surface area contributed by atoms with Gasteiger partial charge in [0.25, 0.3) is 0 Å². The van der Waals surface area contributed by atoms with Crippen molar-refractivity contribution in [3.63, 3.8) is 0 Å². The van der Waals surface area contributed by atoms with Gasteiger partial charge >= 0.3 is 11.9 Å². The van der Waals surface area contributed by atoms with E-state index in [-0.39, 0.29) is 10.7 Å². The molecule has 0 radical (unpaired) electrons. The summed E-state index contributed by atoms with van der Waals surface area (Å²) < 4.78 is 46.3. The number of benzene rings is 1. The molecule has 0 saturated carbocycles. The summed E-state index contributed by atoms with van der Waals surface area (Å²) in [7, 11) is 1.03. The predicted octanol–water partition coefficient (Wildman–Crippen LogP) is 2.90. The van der Waals surface area contributed by atoms with E-state index in [0.29, 0.717) is 38.0 Å². The van der Waals surface area contributed by atoms with E-state index in [1.165, 1.54) is 0 Å². The second-order valence-electron chi connectivity index (χ2n) is 6.02. The van der Waals surface area contributed by atoms with Crippen LogP contribution in [0.3, 0.4) is 0 Å². The van der Waals surface area contributed by atoms with Crippen molar-refractivity contribution in [1.82, 2.24) is 14.3 Å². The van der Waals surface area contributed by atoms with Crippen LogP contribution in [-0.4, -0.2) is 19.3 Å². The molecule has 0 fully saturated rings. The van der Waals surface area contributed by atoms with Gasteiger partial charge in [-0.3, -0.25) is 4.57 Å². The van der Waals surface area contributed by atoms with Crippen molar-refractivity contribution in [1.29, 1.82) is 0 Å². The molecule has 0 unspecified atom stereocenters. The average Bonchev–Trinajstić information content (AvgIpc) is 2.98. The van der Waals surface area contributed by atoms with Crippen LogP contribution >= 0.6 is 12.2 Å². The van der Waals surface area contributed by atoms with Gasteiger partial charge in [-0.2, -0.15) is 17.9 Å². The van der Waals surface area contributed by atoms with Crippen LogP contribution in [0.1, 0.15) is 28.3 Å². The molecule has 0 aliphatic rings. The molecule has 0 amide bonds. The van der Waals surface area contributed by atoms with Crippen LogP contribution in [0.4, 0.5) is 13.2 Å². The first-order valence-electron chi connectivity index (χ1n) is 7.51. The van der Waals surface area contributed by atoms with E-state index in [1.807, 2.05) is 0 Å². The smallest absolute Gasteiger partial charge is 0.451 e. The van der Waals surface area contributed by atoms with E-state index in [9.17, 15) is 18.0 Å². The molecule has 26 heavy (non-hydrogen) atoms. The molecule has 0 spiro atoms. The first-order chi connectivity index (χ1) is 11.9. The SMILES string of the molecule is Cc1cc(C(N)=S)c2oc(C)c(C)c2c1-n1nc(C(F)(F)F)n(C)c1=O. The van der Waals surface area contributed by atoms with Crippen molar-refractivity contribution >= 4 is 28.2 Å². The number of aromatic nitrogens is 3. The van der Waals surface area contributed by atoms with Gasteiger partial charge in [-0.15, -0.1) is 5.10 Å². The number of hydrogen-bond donors (Lipinski definition) is 1. The molecule has 0 saturated heterocycles. The summed E-state index contributed by atoms with van der Waals surface area (Å²) in [6, 6.07) is 1.58. The Bertz CT molecular complexity index is 1120. The van der Waals surface area contributed by atoms with Gasteiger partial charge in [0.15, 0.2) is 0 Å². The summed E-state index contributed by atoms with van der Waals surface area (Å²) in [6.45, 7) is 5.10. The largest absolute Gasteiger partial charge is 0.460 e. The van der Waals surface area contributed by atoms with Crippen molar-refractivity contribution in [2.24, 2.45) is 12.8 Å². The van der Waals surface area contributed by atoms with Crippen LogP contribution in [0.15, 0.2) is 15.3 Å². The Labute approximate surface area is 151 Å². The van der Waals surface area contributed by atoms with Gasteiger partial charge in [0.1, 0.15) is 16.3 Å². The highest BCUT2D eigenvalue weighted by molar-refractivity contribution is 7.80. The molecular formula is C16H15F3N4O2S. The molecular weight excluding hydrogens is 369 g/mol. The minimum absolute atomic E-state index is 0.0859. The summed E-state index contributed by atoms with van der Waals surface area (Å²) in [5.41, 5.74) is 6.98. The van der Waals surface area contributed by atoms with E-state index >= 15 is 0 Å². The highest BCUT2D eigenvalue weighted by Gasteiger charge is 2.38. The lowest BCUT2D eigenvalue weighted by Gasteiger charge is -2.10. The maximum absolute atomic E-state index is 13.1. The van der Waals surface area contributed by atoms with E-state index < -0.39 is 17.7 Å². The molecule has 0 aliphatic heterocycles. The molecule has 0 atom stereocenters. The van der Waals surface area contributed by atoms with Crippen LogP contribution in [0.25, 0.3) is 16.7 Å². The fourth-order valence-corrected chi connectivity index (χ4v) is 3.09. The quantitative estimate of drug-likeness (QED) is 0.688. The molecule has 0 bridgehead atoms. The highest BCUT2D eigenvalue weighted by Crippen LogP contribution is 2.35. The van der Waals surface area contributed by atoms with Crippen LogP contribution in [0.2, 0.25) is 0 Å². The van der Waals surface area contributed by atoms with E-state index in [1.54, 1.807) is 26.8 Å². The fraction of sp³-hybridized carbons (Fsp3) is 0.312. The van der Waals surface area contributed by atoms with Gasteiger partial charge in [-0.05, 0) is 32.4 Å². The summed E-state index contributed by atoms with van der Waals surface area (Å²) >= 11 is 5.04. The van der Waals surface area contributed by atoms with Crippen LogP contribution in [0.5, 0.6) is 0 Å². The topological polar surface area (TPSA) is 79.0 Å². The Morgan fingerprint density at radius 3 is 2.42 bits per heavy atom. The minimum atomic E-state index is -4.76. The van der Waals surface area contributed by atoms with Crippen molar-refractivity contribution in [2.45, 2.75) is 26.9 Å². The van der Waals surface area contributed by atoms with Gasteiger partial charge < -0.3 is 10.2 Å². The van der Waals surface area contributed by atoms with Gasteiger partial charge in [-0.25, -0.2) is 4.79 Å². The second-order valence-corrected chi connectivity index (χ2v) is 6.46. The number of hydrogen-bond acceptors (Lipinski definition) is 4. The molecule has 2 N–H and O–H groups in total. The number of thiocarbonyl (C=S) groups is 1. The van der Waals surface area contributed by atoms with Gasteiger partial charge in [-0.1, -0.05) is 12.2 Å². The lowest BCUT2D eigenvalue weighted by atomic mass is 10.0. The molecule has 1 aromatic carbocycles. The Kier molecular flexibility index (Phi) is 3.98. The number of rotatable bonds is 2. The Hall–Kier alpha value is -2.62. The highest BCUT2D eigenvalue weighted by atomic mass is 32.1. The Morgan fingerprint density at radius 2 is 1.92 bits per heavy atom. The maximum atomic E-state index is 13.1. The van der Waals surface area contributed by atoms with E-state index in [2.05, 4.69) is 5.10 Å². The third kappa shape index (κ3) is 2.52. The monoisotopic (exact) mass is 384 g/mol. The summed E-state index contributed by atoms with van der Waals surface area (Å²) in [5, 5.41) is 3.98. The minimum Gasteiger partial charge on any atom is -0.460 e. The zero-order valence-corrected chi connectivity index (χ0v) is 15.2. The molecule has 2 heterocycles. The average molecular weight is 384 g/mol. The van der Waals surface area contributed by atoms with Crippen molar-refractivity contribution in [2.75, 3.05) is 0 Å². The molecule has 3 rings (SSSR count).